The number of nitrogens with zero attached hydrogens (tertiary/aromatic N) is 1. The standard InChI is InChI=1S/C35H46FN3O15Si/c1-14-29(55(2,3)36)20(9-10-40)54-35(14)18-12-17(38-31(48)28-24(44)22(42)26(46)33(50)53-28)7-8-19(18)39(34(35)51)13-15-5-4-6-16(11-15)37-30(47)27-23(43)21(41)25(45)32(49)52-27/h4-8,11-12,14,20-29,32-33,40-46,49-50H,9-10,13H2,1-3H3,(H,37,47)(H,38,48)/t14-,20+,21-,22-,23-,24-,25+,26+,27-,28-,29-,32+,33+,35+/m0/s1. The summed E-state index contributed by atoms with van der Waals surface area (Å²) in [5, 5.41) is 95.2. The van der Waals surface area contributed by atoms with E-state index in [4.69, 9.17) is 14.2 Å². The first-order valence-corrected chi connectivity index (χ1v) is 20.7. The molecule has 14 atom stereocenters. The van der Waals surface area contributed by atoms with Crippen LogP contribution in [0.5, 0.6) is 0 Å². The van der Waals surface area contributed by atoms with E-state index in [1.165, 1.54) is 48.3 Å². The molecule has 20 heteroatoms. The normalized spacial score (nSPS) is 37.6. The highest BCUT2D eigenvalue weighted by molar-refractivity contribution is 6.72. The second-order valence-corrected chi connectivity index (χ2v) is 18.7. The molecule has 3 saturated heterocycles. The molecule has 55 heavy (non-hydrogen) atoms. The van der Waals surface area contributed by atoms with Crippen LogP contribution >= 0.6 is 0 Å². The van der Waals surface area contributed by atoms with Crippen LogP contribution in [0.2, 0.25) is 18.6 Å². The minimum absolute atomic E-state index is 0.0394. The Morgan fingerprint density at radius 1 is 0.818 bits per heavy atom. The van der Waals surface area contributed by atoms with Crippen molar-refractivity contribution in [3.05, 3.63) is 53.6 Å². The fourth-order valence-corrected chi connectivity index (χ4v) is 10.7. The quantitative estimate of drug-likeness (QED) is 0.0955. The molecule has 2 aromatic rings. The van der Waals surface area contributed by atoms with Crippen LogP contribution < -0.4 is 15.5 Å². The number of aliphatic hydroxyl groups excluding tert-OH is 9. The van der Waals surface area contributed by atoms with E-state index in [0.29, 0.717) is 11.3 Å². The van der Waals surface area contributed by atoms with Crippen LogP contribution in [0.3, 0.4) is 0 Å². The molecule has 0 aromatic heterocycles. The van der Waals surface area contributed by atoms with E-state index in [2.05, 4.69) is 10.6 Å². The zero-order valence-corrected chi connectivity index (χ0v) is 31.0. The zero-order valence-electron chi connectivity index (χ0n) is 30.0. The second-order valence-electron chi connectivity index (χ2n) is 14.9. The summed E-state index contributed by atoms with van der Waals surface area (Å²) in [4.78, 5) is 42.4. The molecule has 4 aliphatic rings. The molecule has 3 fully saturated rings. The van der Waals surface area contributed by atoms with Gasteiger partial charge in [-0.15, -0.1) is 0 Å². The summed E-state index contributed by atoms with van der Waals surface area (Å²) in [6.45, 7) is 4.22. The Labute approximate surface area is 314 Å². The number of halogens is 1. The van der Waals surface area contributed by atoms with Gasteiger partial charge in [0.2, 0.25) is 8.41 Å². The third-order valence-electron chi connectivity index (χ3n) is 10.9. The molecule has 4 heterocycles. The Morgan fingerprint density at radius 2 is 1.36 bits per heavy atom. The molecule has 4 aliphatic heterocycles. The Bertz CT molecular complexity index is 1790. The van der Waals surface area contributed by atoms with Crippen LogP contribution in [-0.4, -0.2) is 146 Å². The molecule has 3 amide bonds. The molecular weight excluding hydrogens is 749 g/mol. The molecule has 302 valence electrons. The van der Waals surface area contributed by atoms with Gasteiger partial charge in [-0.25, -0.2) is 0 Å². The topological polar surface area (TPSA) is 288 Å². The van der Waals surface area contributed by atoms with Crippen LogP contribution in [0.1, 0.15) is 24.5 Å². The highest BCUT2D eigenvalue weighted by Gasteiger charge is 2.66. The van der Waals surface area contributed by atoms with Gasteiger partial charge in [0.15, 0.2) is 30.4 Å². The highest BCUT2D eigenvalue weighted by atomic mass is 28.4. The number of carbonyl (C=O) groups is 3. The van der Waals surface area contributed by atoms with Crippen molar-refractivity contribution in [2.24, 2.45) is 5.92 Å². The number of fused-ring (bicyclic) bond motifs is 2. The van der Waals surface area contributed by atoms with E-state index >= 15 is 4.11 Å². The molecule has 2 aromatic carbocycles. The third kappa shape index (κ3) is 7.31. The average Bonchev–Trinajstić information content (AvgIpc) is 3.55. The summed E-state index contributed by atoms with van der Waals surface area (Å²) in [5.41, 5.74) is -1.21. The van der Waals surface area contributed by atoms with E-state index in [9.17, 15) is 60.3 Å². The Morgan fingerprint density at radius 3 is 1.89 bits per heavy atom. The summed E-state index contributed by atoms with van der Waals surface area (Å²) >= 11 is 0. The summed E-state index contributed by atoms with van der Waals surface area (Å²) in [5.74, 6) is -3.27. The number of anilines is 3. The smallest absolute Gasteiger partial charge is 0.264 e. The number of ether oxygens (including phenoxy) is 3. The molecule has 0 radical (unpaired) electrons. The maximum Gasteiger partial charge on any atom is 0.264 e. The first-order valence-electron chi connectivity index (χ1n) is 17.7. The number of hydrogen-bond donors (Lipinski definition) is 11. The predicted molar refractivity (Wildman–Crippen MR) is 189 cm³/mol. The van der Waals surface area contributed by atoms with Crippen LogP contribution in [0.25, 0.3) is 0 Å². The van der Waals surface area contributed by atoms with Gasteiger partial charge in [0.25, 0.3) is 17.7 Å². The van der Waals surface area contributed by atoms with Crippen molar-refractivity contribution < 1.29 is 78.7 Å². The Kier molecular flexibility index (Phi) is 11.6. The number of benzene rings is 2. The van der Waals surface area contributed by atoms with Gasteiger partial charge in [0, 0.05) is 35.0 Å². The molecule has 11 N–H and O–H groups in total. The Balaban J connectivity index is 1.32. The number of amides is 3. The highest BCUT2D eigenvalue weighted by Crippen LogP contribution is 2.60. The van der Waals surface area contributed by atoms with Gasteiger partial charge in [-0.2, -0.15) is 0 Å². The van der Waals surface area contributed by atoms with E-state index in [0.717, 1.165) is 0 Å². The molecule has 0 aliphatic carbocycles. The molecule has 0 saturated carbocycles. The van der Waals surface area contributed by atoms with E-state index in [1.807, 2.05) is 0 Å². The molecule has 0 bridgehead atoms. The lowest BCUT2D eigenvalue weighted by molar-refractivity contribution is -0.274. The van der Waals surface area contributed by atoms with E-state index in [1.54, 1.807) is 19.1 Å². The molecular formula is C35H46FN3O15Si. The summed E-state index contributed by atoms with van der Waals surface area (Å²) in [7, 11) is -3.57. The zero-order chi connectivity index (χ0) is 40.3. The number of carbonyl (C=O) groups excluding carboxylic acids is 3. The fraction of sp³-hybridized carbons (Fsp3) is 0.571. The number of nitrogens with one attached hydrogen (secondary N) is 2. The third-order valence-corrected chi connectivity index (χ3v) is 13.3. The lowest BCUT2D eigenvalue weighted by atomic mass is 9.82. The minimum atomic E-state index is -3.57. The second kappa shape index (κ2) is 15.5. The van der Waals surface area contributed by atoms with Gasteiger partial charge in [-0.1, -0.05) is 19.1 Å². The molecule has 0 unspecified atom stereocenters. The van der Waals surface area contributed by atoms with Crippen molar-refractivity contribution in [1.82, 2.24) is 0 Å². The van der Waals surface area contributed by atoms with Gasteiger partial charge in [0.05, 0.1) is 18.3 Å². The van der Waals surface area contributed by atoms with Gasteiger partial charge in [-0.05, 0) is 55.4 Å². The maximum atomic E-state index is 16.1. The lowest BCUT2D eigenvalue weighted by Gasteiger charge is -2.37. The van der Waals surface area contributed by atoms with Crippen molar-refractivity contribution in [2.45, 2.75) is 112 Å². The number of hydrogen-bond acceptors (Lipinski definition) is 15. The fourth-order valence-electron chi connectivity index (χ4n) is 8.19. The number of rotatable bonds is 9. The van der Waals surface area contributed by atoms with E-state index < -0.39 is 111 Å². The van der Waals surface area contributed by atoms with Crippen molar-refractivity contribution >= 4 is 43.2 Å². The number of aliphatic hydroxyl groups is 9. The summed E-state index contributed by atoms with van der Waals surface area (Å²) in [6.07, 6.45) is -19.5. The lowest BCUT2D eigenvalue weighted by Crippen LogP contribution is -2.60. The maximum absolute atomic E-state index is 16.1. The predicted octanol–water partition coefficient (Wildman–Crippen LogP) is -2.13. The first-order chi connectivity index (χ1) is 25.8. The van der Waals surface area contributed by atoms with Crippen LogP contribution in [0, 0.1) is 5.92 Å². The van der Waals surface area contributed by atoms with Gasteiger partial charge in [-0.3, -0.25) is 14.4 Å². The first kappa shape index (κ1) is 41.2. The average molecular weight is 796 g/mol. The van der Waals surface area contributed by atoms with Crippen LogP contribution in [0.4, 0.5) is 21.2 Å². The van der Waals surface area contributed by atoms with Gasteiger partial charge < -0.3 is 79.8 Å². The Hall–Kier alpha value is -3.48. The van der Waals surface area contributed by atoms with Crippen molar-refractivity contribution in [3.63, 3.8) is 0 Å². The van der Waals surface area contributed by atoms with Gasteiger partial charge in [0.1, 0.15) is 36.6 Å². The molecule has 1 spiro atoms. The monoisotopic (exact) mass is 795 g/mol. The van der Waals surface area contributed by atoms with E-state index in [-0.39, 0.29) is 36.5 Å². The summed E-state index contributed by atoms with van der Waals surface area (Å²) < 4.78 is 32.7. The van der Waals surface area contributed by atoms with Gasteiger partial charge >= 0.3 is 0 Å². The molecule has 18 nitrogen and oxygen atoms in total. The SMILES string of the molecule is C[C@H]1[C@H]([Si](C)(C)F)[C@@H](CCO)O[C@]12C(=O)N(Cc1cccc(NC(=O)[C@H]3O[C@@H](O)[C@H](O)[C@@H](O)[C@@H]3O)c1)c1ccc(NC(=O)[C@H]3O[C@@H](O)[C@H](O)[C@@H](O)[C@@H]3O)cc12. The largest absolute Gasteiger partial charge is 0.396 e. The summed E-state index contributed by atoms with van der Waals surface area (Å²) in [6, 6.07) is 10.7. The van der Waals surface area contributed by atoms with Crippen LogP contribution in [0.15, 0.2) is 42.5 Å². The van der Waals surface area contributed by atoms with Crippen molar-refractivity contribution in [1.29, 1.82) is 0 Å². The van der Waals surface area contributed by atoms with Crippen LogP contribution in [-0.2, 0) is 40.7 Å². The van der Waals surface area contributed by atoms with Crippen molar-refractivity contribution in [3.8, 4) is 0 Å². The van der Waals surface area contributed by atoms with Crippen molar-refractivity contribution in [2.75, 3.05) is 22.1 Å². The minimum Gasteiger partial charge on any atom is -0.396 e. The molecule has 6 rings (SSSR count).